The monoisotopic (exact) mass is 291 g/mol. The van der Waals surface area contributed by atoms with Crippen molar-refractivity contribution in [3.05, 3.63) is 12.1 Å². The van der Waals surface area contributed by atoms with Crippen molar-refractivity contribution < 1.29 is 14.3 Å². The van der Waals surface area contributed by atoms with Crippen LogP contribution in [-0.2, 0) is 9.53 Å². The zero-order valence-corrected chi connectivity index (χ0v) is 12.2. The number of benzene rings is 1. The first kappa shape index (κ1) is 14.0. The molecular formula is C15H21N3O3. The largest absolute Gasteiger partial charge is 0.482 e. The van der Waals surface area contributed by atoms with Gasteiger partial charge in [-0.3, -0.25) is 4.79 Å². The predicted molar refractivity (Wildman–Crippen MR) is 81.6 cm³/mol. The summed E-state index contributed by atoms with van der Waals surface area (Å²) in [6, 6.07) is 3.59. The van der Waals surface area contributed by atoms with Crippen LogP contribution in [0, 0.1) is 5.41 Å². The number of carbonyl (C=O) groups is 1. The third kappa shape index (κ3) is 3.05. The van der Waals surface area contributed by atoms with E-state index in [0.29, 0.717) is 17.1 Å². The molecule has 6 nitrogen and oxygen atoms in total. The Labute approximate surface area is 124 Å². The van der Waals surface area contributed by atoms with Crippen LogP contribution in [0.2, 0.25) is 0 Å². The van der Waals surface area contributed by atoms with E-state index in [9.17, 15) is 4.79 Å². The average molecular weight is 291 g/mol. The minimum atomic E-state index is -0.144. The first-order valence-electron chi connectivity index (χ1n) is 7.24. The summed E-state index contributed by atoms with van der Waals surface area (Å²) in [5.41, 5.74) is 8.39. The minimum absolute atomic E-state index is 0.0390. The number of carbonyl (C=O) groups excluding carboxylic acids is 1. The molecule has 4 N–H and O–H groups in total. The molecular weight excluding hydrogens is 270 g/mol. The molecule has 1 aromatic carbocycles. The van der Waals surface area contributed by atoms with Crippen molar-refractivity contribution in [2.75, 3.05) is 42.7 Å². The van der Waals surface area contributed by atoms with E-state index >= 15 is 0 Å². The summed E-state index contributed by atoms with van der Waals surface area (Å²) in [5, 5.41) is 6.20. The van der Waals surface area contributed by atoms with Gasteiger partial charge >= 0.3 is 0 Å². The molecule has 1 amide bonds. The van der Waals surface area contributed by atoms with E-state index in [1.54, 1.807) is 6.07 Å². The SMILES string of the molecule is CC1(CNc2cc3c(cc2N)OCC(=O)N3)CCOCC1. The van der Waals surface area contributed by atoms with Crippen molar-refractivity contribution in [1.29, 1.82) is 0 Å². The molecule has 0 radical (unpaired) electrons. The number of fused-ring (bicyclic) bond motifs is 1. The standard InChI is InChI=1S/C15H21N3O3/c1-15(2-4-20-5-3-15)9-17-11-7-12-13(6-10(11)16)21-8-14(19)18-12/h6-7,17H,2-5,8-9,16H2,1H3,(H,18,19). The van der Waals surface area contributed by atoms with Crippen molar-refractivity contribution in [3.8, 4) is 5.75 Å². The van der Waals surface area contributed by atoms with Crippen LogP contribution in [0.1, 0.15) is 19.8 Å². The fraction of sp³-hybridized carbons (Fsp3) is 0.533. The molecule has 0 spiro atoms. The summed E-state index contributed by atoms with van der Waals surface area (Å²) < 4.78 is 10.8. The lowest BCUT2D eigenvalue weighted by Crippen LogP contribution is -2.33. The Morgan fingerprint density at radius 1 is 1.38 bits per heavy atom. The Kier molecular flexibility index (Phi) is 3.63. The van der Waals surface area contributed by atoms with Gasteiger partial charge in [0.25, 0.3) is 5.91 Å². The van der Waals surface area contributed by atoms with Crippen LogP contribution in [0.25, 0.3) is 0 Å². The number of anilines is 3. The van der Waals surface area contributed by atoms with Gasteiger partial charge in [-0.25, -0.2) is 0 Å². The quantitative estimate of drug-likeness (QED) is 0.740. The van der Waals surface area contributed by atoms with E-state index < -0.39 is 0 Å². The van der Waals surface area contributed by atoms with Crippen molar-refractivity contribution >= 4 is 23.0 Å². The predicted octanol–water partition coefficient (Wildman–Crippen LogP) is 1.83. The zero-order chi connectivity index (χ0) is 14.9. The molecule has 2 aliphatic heterocycles. The molecule has 1 fully saturated rings. The third-order valence-electron chi connectivity index (χ3n) is 4.19. The number of nitrogens with two attached hydrogens (primary N) is 1. The fourth-order valence-electron chi connectivity index (χ4n) is 2.64. The summed E-state index contributed by atoms with van der Waals surface area (Å²) in [7, 11) is 0. The summed E-state index contributed by atoms with van der Waals surface area (Å²) in [6.07, 6.45) is 2.06. The van der Waals surface area contributed by atoms with Crippen LogP contribution in [-0.4, -0.2) is 32.3 Å². The second-order valence-corrected chi connectivity index (χ2v) is 6.05. The summed E-state index contributed by atoms with van der Waals surface area (Å²) in [6.45, 7) is 4.73. The number of hydrogen-bond acceptors (Lipinski definition) is 5. The van der Waals surface area contributed by atoms with Gasteiger partial charge in [0, 0.05) is 25.8 Å². The molecule has 2 heterocycles. The molecule has 0 bridgehead atoms. The van der Waals surface area contributed by atoms with Crippen molar-refractivity contribution in [3.63, 3.8) is 0 Å². The average Bonchev–Trinajstić information content (AvgIpc) is 2.46. The molecule has 0 saturated carbocycles. The van der Waals surface area contributed by atoms with E-state index in [1.807, 2.05) is 6.07 Å². The van der Waals surface area contributed by atoms with Crippen molar-refractivity contribution in [2.24, 2.45) is 5.41 Å². The molecule has 1 saturated heterocycles. The number of rotatable bonds is 3. The first-order valence-corrected chi connectivity index (χ1v) is 7.24. The number of amides is 1. The molecule has 0 aromatic heterocycles. The first-order chi connectivity index (χ1) is 10.1. The second kappa shape index (κ2) is 5.44. The molecule has 3 rings (SSSR count). The Bertz CT molecular complexity index is 553. The topological polar surface area (TPSA) is 85.6 Å². The minimum Gasteiger partial charge on any atom is -0.482 e. The van der Waals surface area contributed by atoms with E-state index in [-0.39, 0.29) is 17.9 Å². The number of hydrogen-bond donors (Lipinski definition) is 3. The highest BCUT2D eigenvalue weighted by Crippen LogP contribution is 2.36. The van der Waals surface area contributed by atoms with Gasteiger partial charge in [0.1, 0.15) is 5.75 Å². The summed E-state index contributed by atoms with van der Waals surface area (Å²) in [5.74, 6) is 0.476. The van der Waals surface area contributed by atoms with Crippen molar-refractivity contribution in [2.45, 2.75) is 19.8 Å². The Hall–Kier alpha value is -1.95. The molecule has 1 aromatic rings. The Balaban J connectivity index is 1.73. The maximum atomic E-state index is 11.4. The fourth-order valence-corrected chi connectivity index (χ4v) is 2.64. The second-order valence-electron chi connectivity index (χ2n) is 6.05. The molecule has 0 unspecified atom stereocenters. The summed E-state index contributed by atoms with van der Waals surface area (Å²) in [4.78, 5) is 11.4. The van der Waals surface area contributed by atoms with E-state index in [1.165, 1.54) is 0 Å². The Morgan fingerprint density at radius 3 is 2.90 bits per heavy atom. The third-order valence-corrected chi connectivity index (χ3v) is 4.19. The van der Waals surface area contributed by atoms with Crippen LogP contribution >= 0.6 is 0 Å². The van der Waals surface area contributed by atoms with E-state index in [2.05, 4.69) is 17.6 Å². The highest BCUT2D eigenvalue weighted by atomic mass is 16.5. The van der Waals surface area contributed by atoms with Gasteiger partial charge in [-0.2, -0.15) is 0 Å². The normalized spacial score (nSPS) is 20.1. The maximum Gasteiger partial charge on any atom is 0.262 e. The van der Waals surface area contributed by atoms with Crippen LogP contribution in [0.3, 0.4) is 0 Å². The maximum absolute atomic E-state index is 11.4. The van der Waals surface area contributed by atoms with Crippen LogP contribution in [0.5, 0.6) is 5.75 Å². The number of nitrogens with one attached hydrogen (secondary N) is 2. The molecule has 114 valence electrons. The lowest BCUT2D eigenvalue weighted by molar-refractivity contribution is -0.118. The van der Waals surface area contributed by atoms with E-state index in [4.69, 9.17) is 15.2 Å². The molecule has 6 heteroatoms. The van der Waals surface area contributed by atoms with Gasteiger partial charge in [-0.1, -0.05) is 6.92 Å². The summed E-state index contributed by atoms with van der Waals surface area (Å²) >= 11 is 0. The van der Waals surface area contributed by atoms with Gasteiger partial charge in [0.05, 0.1) is 17.1 Å². The number of ether oxygens (including phenoxy) is 2. The smallest absolute Gasteiger partial charge is 0.262 e. The van der Waals surface area contributed by atoms with Gasteiger partial charge < -0.3 is 25.8 Å². The van der Waals surface area contributed by atoms with Crippen LogP contribution in [0.4, 0.5) is 17.1 Å². The molecule has 0 aliphatic carbocycles. The molecule has 2 aliphatic rings. The van der Waals surface area contributed by atoms with Crippen molar-refractivity contribution in [1.82, 2.24) is 0 Å². The van der Waals surface area contributed by atoms with Crippen LogP contribution in [0.15, 0.2) is 12.1 Å². The highest BCUT2D eigenvalue weighted by Gasteiger charge is 2.27. The van der Waals surface area contributed by atoms with Gasteiger partial charge in [-0.05, 0) is 24.3 Å². The van der Waals surface area contributed by atoms with Gasteiger partial charge in [0.2, 0.25) is 0 Å². The Morgan fingerprint density at radius 2 is 2.14 bits per heavy atom. The zero-order valence-electron chi connectivity index (χ0n) is 12.2. The van der Waals surface area contributed by atoms with Gasteiger partial charge in [0.15, 0.2) is 6.61 Å². The highest BCUT2D eigenvalue weighted by molar-refractivity contribution is 5.97. The molecule has 21 heavy (non-hydrogen) atoms. The van der Waals surface area contributed by atoms with E-state index in [0.717, 1.165) is 38.3 Å². The lowest BCUT2D eigenvalue weighted by atomic mass is 9.82. The molecule has 0 atom stereocenters. The lowest BCUT2D eigenvalue weighted by Gasteiger charge is -2.34. The van der Waals surface area contributed by atoms with Crippen LogP contribution < -0.4 is 21.1 Å². The van der Waals surface area contributed by atoms with Gasteiger partial charge in [-0.15, -0.1) is 0 Å². The number of nitrogen functional groups attached to an aromatic ring is 1.